The predicted octanol–water partition coefficient (Wildman–Crippen LogP) is 1.50. The highest BCUT2D eigenvalue weighted by molar-refractivity contribution is 7.89. The van der Waals surface area contributed by atoms with Crippen molar-refractivity contribution >= 4 is 15.9 Å². The zero-order chi connectivity index (χ0) is 14.6. The van der Waals surface area contributed by atoms with E-state index in [4.69, 9.17) is 0 Å². The van der Waals surface area contributed by atoms with Crippen LogP contribution in [0.4, 0.5) is 0 Å². The second-order valence-corrected chi connectivity index (χ2v) is 8.30. The Balaban J connectivity index is 1.84. The highest BCUT2D eigenvalue weighted by Gasteiger charge is 2.35. The monoisotopic (exact) mass is 302 g/mol. The van der Waals surface area contributed by atoms with Gasteiger partial charge in [-0.1, -0.05) is 19.3 Å². The first kappa shape index (κ1) is 15.8. The second kappa shape index (κ2) is 6.89. The zero-order valence-corrected chi connectivity index (χ0v) is 13.1. The van der Waals surface area contributed by atoms with E-state index in [2.05, 4.69) is 5.32 Å². The quantitative estimate of drug-likeness (QED) is 0.856. The van der Waals surface area contributed by atoms with Gasteiger partial charge in [0.15, 0.2) is 0 Å². The van der Waals surface area contributed by atoms with Crippen molar-refractivity contribution in [2.75, 3.05) is 19.6 Å². The molecule has 116 valence electrons. The summed E-state index contributed by atoms with van der Waals surface area (Å²) < 4.78 is 26.8. The van der Waals surface area contributed by atoms with Gasteiger partial charge in [0.2, 0.25) is 15.9 Å². The van der Waals surface area contributed by atoms with E-state index in [1.165, 1.54) is 13.3 Å². The van der Waals surface area contributed by atoms with Crippen molar-refractivity contribution in [3.8, 4) is 0 Å². The summed E-state index contributed by atoms with van der Waals surface area (Å²) in [5, 5.41) is 2.68. The van der Waals surface area contributed by atoms with E-state index in [1.807, 2.05) is 0 Å². The minimum Gasteiger partial charge on any atom is -0.356 e. The Morgan fingerprint density at radius 1 is 1.10 bits per heavy atom. The highest BCUT2D eigenvalue weighted by Crippen LogP contribution is 2.28. The molecule has 0 unspecified atom stereocenters. The van der Waals surface area contributed by atoms with Gasteiger partial charge in [0.1, 0.15) is 0 Å². The van der Waals surface area contributed by atoms with Crippen molar-refractivity contribution < 1.29 is 13.2 Å². The van der Waals surface area contributed by atoms with Crippen LogP contribution in [0.1, 0.15) is 51.9 Å². The number of rotatable bonds is 4. The molecule has 1 N–H and O–H groups in total. The molecule has 1 saturated carbocycles. The number of carbonyl (C=O) groups excluding carboxylic acids is 1. The van der Waals surface area contributed by atoms with Gasteiger partial charge in [-0.3, -0.25) is 4.79 Å². The summed E-state index contributed by atoms with van der Waals surface area (Å²) in [7, 11) is -3.09. The summed E-state index contributed by atoms with van der Waals surface area (Å²) in [5.41, 5.74) is 0. The fourth-order valence-electron chi connectivity index (χ4n) is 3.23. The Morgan fingerprint density at radius 2 is 1.70 bits per heavy atom. The summed E-state index contributed by atoms with van der Waals surface area (Å²) >= 11 is 0. The van der Waals surface area contributed by atoms with Crippen molar-refractivity contribution in [1.82, 2.24) is 9.62 Å². The lowest BCUT2D eigenvalue weighted by Gasteiger charge is -2.34. The number of nitrogens with zero attached hydrogens (tertiary/aromatic N) is 1. The Hall–Kier alpha value is -0.620. The molecule has 1 saturated heterocycles. The molecule has 1 aliphatic heterocycles. The number of piperidine rings is 1. The predicted molar refractivity (Wildman–Crippen MR) is 78.8 cm³/mol. The van der Waals surface area contributed by atoms with E-state index < -0.39 is 10.0 Å². The Morgan fingerprint density at radius 3 is 2.25 bits per heavy atom. The molecule has 2 aliphatic rings. The van der Waals surface area contributed by atoms with Gasteiger partial charge in [0.05, 0.1) is 5.25 Å². The van der Waals surface area contributed by atoms with Gasteiger partial charge in [0, 0.05) is 26.6 Å². The van der Waals surface area contributed by atoms with Crippen molar-refractivity contribution in [2.45, 2.75) is 57.1 Å². The first-order chi connectivity index (χ1) is 9.50. The van der Waals surface area contributed by atoms with Crippen LogP contribution in [-0.2, 0) is 14.8 Å². The van der Waals surface area contributed by atoms with Crippen LogP contribution < -0.4 is 5.32 Å². The number of carbonyl (C=O) groups is 1. The molecular formula is C14H26N2O3S. The van der Waals surface area contributed by atoms with Gasteiger partial charge < -0.3 is 5.32 Å². The Kier molecular flexibility index (Phi) is 5.43. The SMILES string of the molecule is CC(=O)NCC1CCN(S(=O)(=O)C2CCCCC2)CC1. The molecule has 5 nitrogen and oxygen atoms in total. The van der Waals surface area contributed by atoms with Crippen LogP contribution in [0.25, 0.3) is 0 Å². The normalized spacial score (nSPS) is 23.6. The molecule has 0 bridgehead atoms. The molecule has 0 atom stereocenters. The average molecular weight is 302 g/mol. The van der Waals surface area contributed by atoms with Gasteiger partial charge in [-0.25, -0.2) is 12.7 Å². The summed E-state index contributed by atoms with van der Waals surface area (Å²) in [6, 6.07) is 0. The third-order valence-corrected chi connectivity index (χ3v) is 6.95. The molecule has 2 rings (SSSR count). The van der Waals surface area contributed by atoms with Gasteiger partial charge in [-0.05, 0) is 31.6 Å². The fourth-order valence-corrected chi connectivity index (χ4v) is 5.30. The van der Waals surface area contributed by atoms with E-state index in [0.717, 1.165) is 38.5 Å². The first-order valence-corrected chi connectivity index (χ1v) is 9.24. The van der Waals surface area contributed by atoms with Gasteiger partial charge >= 0.3 is 0 Å². The van der Waals surface area contributed by atoms with Gasteiger partial charge in [0.25, 0.3) is 0 Å². The first-order valence-electron chi connectivity index (χ1n) is 7.73. The number of hydrogen-bond acceptors (Lipinski definition) is 3. The van der Waals surface area contributed by atoms with E-state index in [9.17, 15) is 13.2 Å². The lowest BCUT2D eigenvalue weighted by molar-refractivity contribution is -0.119. The van der Waals surface area contributed by atoms with E-state index >= 15 is 0 Å². The molecular weight excluding hydrogens is 276 g/mol. The van der Waals surface area contributed by atoms with E-state index in [-0.39, 0.29) is 11.2 Å². The zero-order valence-electron chi connectivity index (χ0n) is 12.3. The van der Waals surface area contributed by atoms with E-state index in [0.29, 0.717) is 25.6 Å². The average Bonchev–Trinajstić information content (AvgIpc) is 2.46. The molecule has 6 heteroatoms. The molecule has 1 amide bonds. The number of amides is 1. The van der Waals surface area contributed by atoms with Crippen LogP contribution >= 0.6 is 0 Å². The number of nitrogens with one attached hydrogen (secondary N) is 1. The maximum absolute atomic E-state index is 12.6. The molecule has 1 heterocycles. The van der Waals surface area contributed by atoms with Crippen molar-refractivity contribution in [3.63, 3.8) is 0 Å². The molecule has 0 aromatic rings. The van der Waals surface area contributed by atoms with Crippen LogP contribution in [0, 0.1) is 5.92 Å². The highest BCUT2D eigenvalue weighted by atomic mass is 32.2. The minimum atomic E-state index is -3.09. The van der Waals surface area contributed by atoms with Crippen molar-refractivity contribution in [1.29, 1.82) is 0 Å². The minimum absolute atomic E-state index is 0.0118. The summed E-state index contributed by atoms with van der Waals surface area (Å²) in [6.45, 7) is 3.42. The summed E-state index contributed by atoms with van der Waals surface area (Å²) in [6.07, 6.45) is 6.62. The number of hydrogen-bond donors (Lipinski definition) is 1. The number of sulfonamides is 1. The third kappa shape index (κ3) is 3.95. The lowest BCUT2D eigenvalue weighted by atomic mass is 9.98. The molecule has 1 aliphatic carbocycles. The van der Waals surface area contributed by atoms with Crippen LogP contribution in [0.3, 0.4) is 0 Å². The maximum atomic E-state index is 12.6. The largest absolute Gasteiger partial charge is 0.356 e. The van der Waals surface area contributed by atoms with Crippen LogP contribution in [0.5, 0.6) is 0 Å². The third-order valence-electron chi connectivity index (χ3n) is 4.55. The van der Waals surface area contributed by atoms with E-state index in [1.54, 1.807) is 4.31 Å². The summed E-state index contributed by atoms with van der Waals surface area (Å²) in [5.74, 6) is 0.402. The van der Waals surface area contributed by atoms with Gasteiger partial charge in [-0.15, -0.1) is 0 Å². The molecule has 0 spiro atoms. The fraction of sp³-hybridized carbons (Fsp3) is 0.929. The topological polar surface area (TPSA) is 66.5 Å². The maximum Gasteiger partial charge on any atom is 0.216 e. The second-order valence-electron chi connectivity index (χ2n) is 6.08. The standard InChI is InChI=1S/C14H26N2O3S/c1-12(17)15-11-13-7-9-16(10-8-13)20(18,19)14-5-3-2-4-6-14/h13-14H,2-11H2,1H3,(H,15,17). The van der Waals surface area contributed by atoms with Crippen LogP contribution in [0.15, 0.2) is 0 Å². The van der Waals surface area contributed by atoms with Crippen LogP contribution in [-0.4, -0.2) is 43.5 Å². The van der Waals surface area contributed by atoms with Crippen LogP contribution in [0.2, 0.25) is 0 Å². The Labute approximate surface area is 122 Å². The van der Waals surface area contributed by atoms with Crippen molar-refractivity contribution in [2.24, 2.45) is 5.92 Å². The molecule has 0 aromatic heterocycles. The molecule has 0 aromatic carbocycles. The smallest absolute Gasteiger partial charge is 0.216 e. The molecule has 0 radical (unpaired) electrons. The summed E-state index contributed by atoms with van der Waals surface area (Å²) in [4.78, 5) is 10.9. The van der Waals surface area contributed by atoms with Crippen molar-refractivity contribution in [3.05, 3.63) is 0 Å². The molecule has 2 fully saturated rings. The Bertz CT molecular complexity index is 422. The lowest BCUT2D eigenvalue weighted by Crippen LogP contribution is -2.45. The van der Waals surface area contributed by atoms with Gasteiger partial charge in [-0.2, -0.15) is 0 Å². The molecule has 20 heavy (non-hydrogen) atoms.